The number of aromatic nitrogens is 17. The van der Waals surface area contributed by atoms with Crippen LogP contribution in [0.15, 0.2) is 178 Å². The number of hydrogen-bond acceptors (Lipinski definition) is 21. The summed E-state index contributed by atoms with van der Waals surface area (Å²) in [5.74, 6) is -1.32. The number of nitrogens with one attached hydrogen (secondary N) is 1. The van der Waals surface area contributed by atoms with Gasteiger partial charge in [0.05, 0.1) is 85.7 Å². The van der Waals surface area contributed by atoms with Crippen molar-refractivity contribution in [1.29, 1.82) is 0 Å². The van der Waals surface area contributed by atoms with Gasteiger partial charge in [-0.1, -0.05) is 6.42 Å². The lowest BCUT2D eigenvalue weighted by Crippen LogP contribution is -2.57. The lowest BCUT2D eigenvalue weighted by molar-refractivity contribution is 0.0775. The van der Waals surface area contributed by atoms with E-state index in [2.05, 4.69) is 134 Å². The van der Waals surface area contributed by atoms with E-state index in [0.717, 1.165) is 153 Å². The van der Waals surface area contributed by atoms with E-state index in [-0.39, 0.29) is 44.7 Å². The van der Waals surface area contributed by atoms with Crippen LogP contribution in [-0.2, 0) is 0 Å². The van der Waals surface area contributed by atoms with Crippen molar-refractivity contribution in [2.45, 2.75) is 164 Å². The molecule has 32 heteroatoms. The second-order valence-electron chi connectivity index (χ2n) is 36.5. The first-order chi connectivity index (χ1) is 61.4. The lowest BCUT2D eigenvalue weighted by Gasteiger charge is -2.47. The minimum Gasteiger partial charge on any atom is -0.367 e. The summed E-state index contributed by atoms with van der Waals surface area (Å²) in [6.45, 7) is 38.4. The number of piperazine rings is 4. The SMILES string of the molecule is Cc1cn2cc(-c3cc(=O)n4cc(N5CCN(C(C)C)[C@@H](C)C5)ccc4n3)cc(F)c2n1.Cc1cn2cc(-c3cc(=O)n4cc(N5CCN(C6CC6)[C@@H](C)C5)ccc4n3)cc(F)c2n1.Cc1cn2cc(-c3cc(=O)n4cc(N5CCN(C6CCC6)[C@@H](C)C5)ccc4n3)cc(F)c2n1.Cc1cn2nc(-c3cc(=O)n4cc(N5CCNC(C)(C)C5)cc(C)c4n3)cc2c(C)n1. The molecule has 1 N–H and O–H groups in total. The fraction of sp³-hybridized carbons (Fsp3) is 0.385. The van der Waals surface area contributed by atoms with Crippen molar-refractivity contribution in [3.05, 3.63) is 252 Å². The molecule has 20 heterocycles. The Bertz CT molecular complexity index is 7090. The Balaban J connectivity index is 0.000000111. The predicted octanol–water partition coefficient (Wildman–Crippen LogP) is 12.5. The number of nitrogens with zero attached hydrogens (tertiary/aromatic N) is 24. The molecule has 4 saturated heterocycles. The molecule has 22 rings (SSSR count). The number of hydrogen-bond donors (Lipinski definition) is 1. The van der Waals surface area contributed by atoms with Gasteiger partial charge in [0.25, 0.3) is 22.2 Å². The highest BCUT2D eigenvalue weighted by molar-refractivity contribution is 5.71. The van der Waals surface area contributed by atoms with Crippen molar-refractivity contribution < 1.29 is 13.2 Å². The molecule has 6 fully saturated rings. The lowest BCUT2D eigenvalue weighted by atomic mass is 9.89. The van der Waals surface area contributed by atoms with E-state index in [1.807, 2.05) is 115 Å². The molecule has 128 heavy (non-hydrogen) atoms. The summed E-state index contributed by atoms with van der Waals surface area (Å²) in [4.78, 5) is 105. The van der Waals surface area contributed by atoms with Crippen molar-refractivity contribution in [2.24, 2.45) is 0 Å². The van der Waals surface area contributed by atoms with Crippen molar-refractivity contribution in [1.82, 2.24) is 100 Å². The number of anilines is 4. The summed E-state index contributed by atoms with van der Waals surface area (Å²) in [6, 6.07) is 29.3. The zero-order valence-electron chi connectivity index (χ0n) is 74.5. The first-order valence-electron chi connectivity index (χ1n) is 44.4. The van der Waals surface area contributed by atoms with Crippen LogP contribution < -0.4 is 47.2 Å². The maximum Gasteiger partial charge on any atom is 0.258 e. The average Bonchev–Trinajstić information content (AvgIpc) is 1.41. The second-order valence-corrected chi connectivity index (χ2v) is 36.5. The molecule has 0 aromatic carbocycles. The Kier molecular flexibility index (Phi) is 22.2. The highest BCUT2D eigenvalue weighted by Gasteiger charge is 2.37. The smallest absolute Gasteiger partial charge is 0.258 e. The van der Waals surface area contributed by atoms with Crippen LogP contribution in [0.3, 0.4) is 0 Å². The fourth-order valence-electron chi connectivity index (χ4n) is 19.3. The Morgan fingerprint density at radius 1 is 0.398 bits per heavy atom. The van der Waals surface area contributed by atoms with Crippen LogP contribution in [0.2, 0.25) is 0 Å². The third kappa shape index (κ3) is 16.8. The number of aryl methyl sites for hydroxylation is 6. The van der Waals surface area contributed by atoms with E-state index in [0.29, 0.717) is 91.9 Å². The molecule has 2 aliphatic carbocycles. The standard InChI is InChI=1S/C25H27FN6O.C24H25FN6O.C24H27FN6O.C23H27N7O/c1-16-12-30-14-18(10-21(26)25(30)27-16)22-11-24(33)32-15-20(6-7-23(32)28-22)29-8-9-31(17(2)13-29)19-4-3-5-19;1-15-11-29-13-17(9-20(25)24(29)26-15)21-10-23(32)31-14-19(5-6-22(31)27-21)28-7-8-30(16(2)12-28)18-3-4-18;1-15(2)30-8-7-28(12-17(30)4)19-5-6-22-27-21(10-23(32)31(22)14-19)18-9-20(25)24-26-16(3)11-29(24)13-18;1-14-8-17(28-7-6-24-23(4,5)13-28)12-29-21(31)10-18(26-22(14)29)19-9-20-16(3)25-15(2)11-30(20)27-19/h6-7,10-12,14-15,17,19H,3-5,8-9,13H2,1-2H3;5-6,9-11,13-14,16,18H,3-4,7-8,12H2,1-2H3;5-6,9-11,13-15,17H,7-8,12H2,1-4H3;8-12,24H,6-7,13H2,1-5H3/t17-;16-;17-;/m000./s1. The second kappa shape index (κ2) is 33.6. The quantitative estimate of drug-likeness (QED) is 0.126. The highest BCUT2D eigenvalue weighted by atomic mass is 19.1. The minimum atomic E-state index is -0.442. The molecule has 4 aliphatic heterocycles. The normalized spacial score (nSPS) is 18.5. The Hall–Kier alpha value is -13.0. The van der Waals surface area contributed by atoms with Gasteiger partial charge in [-0.05, 0) is 188 Å². The molecule has 0 radical (unpaired) electrons. The van der Waals surface area contributed by atoms with E-state index in [9.17, 15) is 32.3 Å². The molecular weight excluding hydrogens is 1620 g/mol. The van der Waals surface area contributed by atoms with Gasteiger partial charge in [-0.3, -0.25) is 56.5 Å². The molecule has 2 saturated carbocycles. The summed E-state index contributed by atoms with van der Waals surface area (Å²) in [7, 11) is 0. The van der Waals surface area contributed by atoms with E-state index < -0.39 is 17.5 Å². The van der Waals surface area contributed by atoms with E-state index in [1.54, 1.807) is 78.6 Å². The van der Waals surface area contributed by atoms with Crippen LogP contribution in [0.5, 0.6) is 0 Å². The van der Waals surface area contributed by atoms with Gasteiger partial charge < -0.3 is 38.1 Å². The van der Waals surface area contributed by atoms with Crippen LogP contribution in [0, 0.1) is 59.0 Å². The third-order valence-electron chi connectivity index (χ3n) is 25.9. The molecule has 6 aliphatic rings. The Morgan fingerprint density at radius 2 is 0.820 bits per heavy atom. The summed E-state index contributed by atoms with van der Waals surface area (Å²) in [5, 5.41) is 8.17. The number of fused-ring (bicyclic) bond motifs is 8. The van der Waals surface area contributed by atoms with Crippen LogP contribution in [0.25, 0.3) is 90.2 Å². The van der Waals surface area contributed by atoms with E-state index in [4.69, 9.17) is 4.98 Å². The van der Waals surface area contributed by atoms with Gasteiger partial charge in [0, 0.05) is 223 Å². The predicted molar refractivity (Wildman–Crippen MR) is 494 cm³/mol. The number of halogens is 3. The van der Waals surface area contributed by atoms with Crippen LogP contribution >= 0.6 is 0 Å². The molecule has 660 valence electrons. The molecular formula is C96H106F3N25O4. The maximum absolute atomic E-state index is 14.6. The molecule has 29 nitrogen and oxygen atoms in total. The summed E-state index contributed by atoms with van der Waals surface area (Å²) in [5.41, 5.74) is 16.6. The van der Waals surface area contributed by atoms with Gasteiger partial charge in [0.15, 0.2) is 34.4 Å². The van der Waals surface area contributed by atoms with Gasteiger partial charge in [-0.25, -0.2) is 52.6 Å². The van der Waals surface area contributed by atoms with Crippen molar-refractivity contribution in [3.8, 4) is 45.2 Å². The zero-order valence-corrected chi connectivity index (χ0v) is 74.5. The Labute approximate surface area is 736 Å². The average molecular weight is 1730 g/mol. The molecule has 3 atom stereocenters. The zero-order chi connectivity index (χ0) is 89.2. The van der Waals surface area contributed by atoms with Crippen molar-refractivity contribution >= 4 is 67.8 Å². The Morgan fingerprint density at radius 3 is 1.24 bits per heavy atom. The summed E-state index contributed by atoms with van der Waals surface area (Å²) < 4.78 is 56.7. The van der Waals surface area contributed by atoms with Crippen LogP contribution in [0.1, 0.15) is 115 Å². The largest absolute Gasteiger partial charge is 0.367 e. The monoisotopic (exact) mass is 1730 g/mol. The minimum absolute atomic E-state index is 0.0304. The third-order valence-corrected chi connectivity index (χ3v) is 25.9. The first kappa shape index (κ1) is 84.5. The van der Waals surface area contributed by atoms with E-state index >= 15 is 0 Å². The van der Waals surface area contributed by atoms with Gasteiger partial charge in [0.2, 0.25) is 0 Å². The first-order valence-corrected chi connectivity index (χ1v) is 44.4. The number of imidazole rings is 3. The molecule has 16 aromatic rings. The van der Waals surface area contributed by atoms with Crippen molar-refractivity contribution in [2.75, 3.05) is 98.1 Å². The van der Waals surface area contributed by atoms with Crippen molar-refractivity contribution in [3.63, 3.8) is 0 Å². The maximum atomic E-state index is 14.6. The number of rotatable bonds is 11. The molecule has 0 amide bonds. The highest BCUT2D eigenvalue weighted by Crippen LogP contribution is 2.35. The fourth-order valence-corrected chi connectivity index (χ4v) is 19.3. The van der Waals surface area contributed by atoms with Gasteiger partial charge in [-0.15, -0.1) is 0 Å². The summed E-state index contributed by atoms with van der Waals surface area (Å²) >= 11 is 0. The molecule has 0 unspecified atom stereocenters. The van der Waals surface area contributed by atoms with Crippen LogP contribution in [-0.4, -0.2) is 215 Å². The number of pyridine rings is 7. The van der Waals surface area contributed by atoms with Crippen LogP contribution in [0.4, 0.5) is 35.9 Å². The van der Waals surface area contributed by atoms with E-state index in [1.165, 1.54) is 68.5 Å². The van der Waals surface area contributed by atoms with Gasteiger partial charge in [-0.2, -0.15) is 5.10 Å². The summed E-state index contributed by atoms with van der Waals surface area (Å²) in [6.07, 6.45) is 26.6. The molecule has 0 bridgehead atoms. The topological polar surface area (TPSA) is 254 Å². The van der Waals surface area contributed by atoms with Gasteiger partial charge in [0.1, 0.15) is 28.3 Å². The van der Waals surface area contributed by atoms with Gasteiger partial charge >= 0.3 is 0 Å². The molecule has 16 aromatic heterocycles. The molecule has 0 spiro atoms.